The number of nitrogens with one attached hydrogen (secondary N) is 1. The third-order valence-electron chi connectivity index (χ3n) is 4.98. The molecule has 2 bridgehead atoms. The maximum absolute atomic E-state index is 13.0. The normalized spacial score (nSPS) is 27.1. The van der Waals surface area contributed by atoms with Crippen LogP contribution in [0, 0.1) is 23.7 Å². The van der Waals surface area contributed by atoms with E-state index >= 15 is 0 Å². The summed E-state index contributed by atoms with van der Waals surface area (Å²) in [4.78, 5) is 38.8. The average molecular weight is 336 g/mol. The number of carbonyl (C=O) groups excluding carboxylic acids is 3. The molecule has 4 unspecified atom stereocenters. The maximum atomic E-state index is 13.0. The molecule has 1 fully saturated rings. The monoisotopic (exact) mass is 336 g/mol. The molecule has 2 rings (SSSR count). The molecule has 2 aliphatic rings. The van der Waals surface area contributed by atoms with Gasteiger partial charge in [0.2, 0.25) is 11.8 Å². The molecule has 134 valence electrons. The molecular weight excluding hydrogens is 308 g/mol. The Morgan fingerprint density at radius 3 is 2.21 bits per heavy atom. The summed E-state index contributed by atoms with van der Waals surface area (Å²) < 4.78 is 4.56. The van der Waals surface area contributed by atoms with E-state index in [-0.39, 0.29) is 42.0 Å². The molecule has 0 radical (unpaired) electrons. The number of fused-ring (bicyclic) bond motifs is 2. The van der Waals surface area contributed by atoms with Gasteiger partial charge in [-0.3, -0.25) is 14.4 Å². The van der Waals surface area contributed by atoms with E-state index in [1.165, 1.54) is 7.11 Å². The number of hydrogen-bond donors (Lipinski definition) is 1. The first-order chi connectivity index (χ1) is 11.5. The summed E-state index contributed by atoms with van der Waals surface area (Å²) in [5.41, 5.74) is 0. The van der Waals surface area contributed by atoms with Crippen LogP contribution in [0.1, 0.15) is 33.1 Å². The number of esters is 1. The summed E-state index contributed by atoms with van der Waals surface area (Å²) in [6.07, 6.45) is 6.77. The van der Waals surface area contributed by atoms with E-state index in [4.69, 9.17) is 0 Å². The first kappa shape index (κ1) is 18.5. The van der Waals surface area contributed by atoms with Crippen molar-refractivity contribution < 1.29 is 19.1 Å². The van der Waals surface area contributed by atoms with E-state index in [0.717, 1.165) is 32.4 Å². The summed E-state index contributed by atoms with van der Waals surface area (Å²) in [7, 11) is 1.29. The van der Waals surface area contributed by atoms with Crippen molar-refractivity contribution in [2.24, 2.45) is 23.7 Å². The van der Waals surface area contributed by atoms with E-state index in [2.05, 4.69) is 30.0 Å². The summed E-state index contributed by atoms with van der Waals surface area (Å²) >= 11 is 0. The predicted molar refractivity (Wildman–Crippen MR) is 89.9 cm³/mol. The third-order valence-corrected chi connectivity index (χ3v) is 4.98. The lowest BCUT2D eigenvalue weighted by Crippen LogP contribution is -2.47. The van der Waals surface area contributed by atoms with Gasteiger partial charge in [-0.15, -0.1) is 0 Å². The average Bonchev–Trinajstić information content (AvgIpc) is 3.19. The Morgan fingerprint density at radius 2 is 1.67 bits per heavy atom. The second-order valence-electron chi connectivity index (χ2n) is 6.62. The minimum absolute atomic E-state index is 0.0776. The molecule has 6 heteroatoms. The topological polar surface area (TPSA) is 75.7 Å². The molecular formula is C18H28N2O4. The van der Waals surface area contributed by atoms with E-state index in [0.29, 0.717) is 0 Å². The van der Waals surface area contributed by atoms with Gasteiger partial charge in [-0.1, -0.05) is 26.0 Å². The predicted octanol–water partition coefficient (Wildman–Crippen LogP) is 1.36. The zero-order valence-corrected chi connectivity index (χ0v) is 14.8. The Balaban J connectivity index is 2.11. The lowest BCUT2D eigenvalue weighted by molar-refractivity contribution is -0.144. The second-order valence-corrected chi connectivity index (χ2v) is 6.62. The zero-order valence-electron chi connectivity index (χ0n) is 14.8. The third kappa shape index (κ3) is 3.79. The lowest BCUT2D eigenvalue weighted by atomic mass is 9.81. The quantitative estimate of drug-likeness (QED) is 0.536. The number of hydrogen-bond acceptors (Lipinski definition) is 4. The highest BCUT2D eigenvalue weighted by molar-refractivity contribution is 5.91. The molecule has 0 aliphatic heterocycles. The van der Waals surface area contributed by atoms with E-state index < -0.39 is 5.97 Å². The Morgan fingerprint density at radius 1 is 1.08 bits per heavy atom. The van der Waals surface area contributed by atoms with Crippen molar-refractivity contribution in [2.45, 2.75) is 33.1 Å². The molecule has 0 heterocycles. The molecule has 1 N–H and O–H groups in total. The van der Waals surface area contributed by atoms with Crippen molar-refractivity contribution in [2.75, 3.05) is 26.7 Å². The van der Waals surface area contributed by atoms with Gasteiger partial charge in [0.25, 0.3) is 0 Å². The lowest BCUT2D eigenvalue weighted by Gasteiger charge is -2.31. The minimum atomic E-state index is -0.483. The fourth-order valence-corrected chi connectivity index (χ4v) is 3.95. The van der Waals surface area contributed by atoms with Crippen LogP contribution < -0.4 is 5.32 Å². The van der Waals surface area contributed by atoms with Crippen LogP contribution in [0.25, 0.3) is 0 Å². The number of amides is 2. The number of ether oxygens (including phenoxy) is 1. The molecule has 0 saturated heterocycles. The van der Waals surface area contributed by atoms with Crippen molar-refractivity contribution in [1.29, 1.82) is 0 Å². The summed E-state index contributed by atoms with van der Waals surface area (Å²) in [5.74, 6) is -1.09. The van der Waals surface area contributed by atoms with Crippen molar-refractivity contribution in [1.82, 2.24) is 10.2 Å². The van der Waals surface area contributed by atoms with Crippen LogP contribution in [0.4, 0.5) is 0 Å². The van der Waals surface area contributed by atoms with Crippen LogP contribution in [-0.2, 0) is 19.1 Å². The van der Waals surface area contributed by atoms with Gasteiger partial charge in [0.1, 0.15) is 6.54 Å². The SMILES string of the molecule is CCCN(CCC)C(=O)C1C2C=CC(C2)C1C(=O)NCC(=O)OC. The summed E-state index contributed by atoms with van der Waals surface area (Å²) in [6, 6.07) is 0. The largest absolute Gasteiger partial charge is 0.468 e. The molecule has 0 spiro atoms. The van der Waals surface area contributed by atoms with Crippen LogP contribution in [0.15, 0.2) is 12.2 Å². The van der Waals surface area contributed by atoms with Crippen LogP contribution in [0.3, 0.4) is 0 Å². The Bertz CT molecular complexity index is 511. The Hall–Kier alpha value is -1.85. The van der Waals surface area contributed by atoms with Crippen molar-refractivity contribution in [3.05, 3.63) is 12.2 Å². The van der Waals surface area contributed by atoms with Gasteiger partial charge in [-0.05, 0) is 31.1 Å². The van der Waals surface area contributed by atoms with Gasteiger partial charge < -0.3 is 15.0 Å². The molecule has 2 aliphatic carbocycles. The van der Waals surface area contributed by atoms with Crippen molar-refractivity contribution in [3.63, 3.8) is 0 Å². The number of allylic oxidation sites excluding steroid dienone is 2. The first-order valence-electron chi connectivity index (χ1n) is 8.85. The van der Waals surface area contributed by atoms with Gasteiger partial charge in [0.15, 0.2) is 0 Å². The van der Waals surface area contributed by atoms with Crippen LogP contribution >= 0.6 is 0 Å². The van der Waals surface area contributed by atoms with Gasteiger partial charge in [0.05, 0.1) is 18.9 Å². The fourth-order valence-electron chi connectivity index (χ4n) is 3.95. The number of nitrogens with zero attached hydrogens (tertiary/aromatic N) is 1. The highest BCUT2D eigenvalue weighted by Gasteiger charge is 2.52. The maximum Gasteiger partial charge on any atom is 0.325 e. The number of methoxy groups -OCH3 is 1. The van der Waals surface area contributed by atoms with E-state index in [1.807, 2.05) is 11.0 Å². The second kappa shape index (κ2) is 8.31. The smallest absolute Gasteiger partial charge is 0.325 e. The number of carbonyl (C=O) groups is 3. The fraction of sp³-hybridized carbons (Fsp3) is 0.722. The molecule has 0 aromatic heterocycles. The highest BCUT2D eigenvalue weighted by Crippen LogP contribution is 2.48. The van der Waals surface area contributed by atoms with E-state index in [1.54, 1.807) is 0 Å². The van der Waals surface area contributed by atoms with E-state index in [9.17, 15) is 14.4 Å². The minimum Gasteiger partial charge on any atom is -0.468 e. The van der Waals surface area contributed by atoms with Gasteiger partial charge in [-0.25, -0.2) is 0 Å². The van der Waals surface area contributed by atoms with Gasteiger partial charge in [-0.2, -0.15) is 0 Å². The molecule has 0 aromatic rings. The molecule has 0 aromatic carbocycles. The Kier molecular flexibility index (Phi) is 6.40. The molecule has 4 atom stereocenters. The van der Waals surface area contributed by atoms with Crippen molar-refractivity contribution >= 4 is 17.8 Å². The molecule has 6 nitrogen and oxygen atoms in total. The van der Waals surface area contributed by atoms with Crippen LogP contribution in [0.2, 0.25) is 0 Å². The van der Waals surface area contributed by atoms with Crippen LogP contribution in [-0.4, -0.2) is 49.4 Å². The highest BCUT2D eigenvalue weighted by atomic mass is 16.5. The summed E-state index contributed by atoms with van der Waals surface area (Å²) in [6.45, 7) is 5.40. The van der Waals surface area contributed by atoms with Crippen molar-refractivity contribution in [3.8, 4) is 0 Å². The van der Waals surface area contributed by atoms with Crippen LogP contribution in [0.5, 0.6) is 0 Å². The standard InChI is InChI=1S/C18H28N2O4/c1-4-8-20(9-5-2)18(23)16-13-7-6-12(10-13)15(16)17(22)19-11-14(21)24-3/h6-7,12-13,15-16H,4-5,8-11H2,1-3H3,(H,19,22). The number of rotatable bonds is 8. The summed E-state index contributed by atoms with van der Waals surface area (Å²) in [5, 5.41) is 2.63. The first-order valence-corrected chi connectivity index (χ1v) is 8.85. The zero-order chi connectivity index (χ0) is 17.7. The van der Waals surface area contributed by atoms with Gasteiger partial charge >= 0.3 is 5.97 Å². The Labute approximate surface area is 143 Å². The molecule has 1 saturated carbocycles. The molecule has 24 heavy (non-hydrogen) atoms. The van der Waals surface area contributed by atoms with Gasteiger partial charge in [0, 0.05) is 13.1 Å². The molecule has 2 amide bonds.